The van der Waals surface area contributed by atoms with Gasteiger partial charge >= 0.3 is 0 Å². The van der Waals surface area contributed by atoms with Gasteiger partial charge in [-0.25, -0.2) is 0 Å². The second-order valence-electron chi connectivity index (χ2n) is 3.50. The number of H-pyrrole nitrogens is 1. The molecule has 4 nitrogen and oxygen atoms in total. The Hall–Kier alpha value is -1.23. The molecule has 2 N–H and O–H groups in total. The zero-order chi connectivity index (χ0) is 11.2. The summed E-state index contributed by atoms with van der Waals surface area (Å²) in [4.78, 5) is 0. The van der Waals surface area contributed by atoms with Gasteiger partial charge in [0, 0.05) is 12.2 Å². The summed E-state index contributed by atoms with van der Waals surface area (Å²) in [6.07, 6.45) is 1.19. The summed E-state index contributed by atoms with van der Waals surface area (Å²) in [7, 11) is 0. The first-order valence-corrected chi connectivity index (χ1v) is 6.68. The van der Waals surface area contributed by atoms with Crippen LogP contribution in [-0.2, 0) is 0 Å². The van der Waals surface area contributed by atoms with Crippen molar-refractivity contribution in [3.05, 3.63) is 18.2 Å². The molecule has 1 aromatic heterocycles. The van der Waals surface area contributed by atoms with Crippen molar-refractivity contribution in [1.82, 2.24) is 15.4 Å². The van der Waals surface area contributed by atoms with Crippen LogP contribution >= 0.6 is 11.8 Å². The number of nitrogens with zero attached hydrogens (tertiary/aromatic N) is 2. The maximum Gasteiger partial charge on any atom is 0.115 e. The van der Waals surface area contributed by atoms with Crippen molar-refractivity contribution in [3.8, 4) is 0 Å². The number of aromatic nitrogens is 3. The van der Waals surface area contributed by atoms with Crippen LogP contribution in [0.3, 0.4) is 0 Å². The first kappa shape index (κ1) is 11.3. The Morgan fingerprint density at radius 1 is 1.31 bits per heavy atom. The molecule has 0 aliphatic rings. The van der Waals surface area contributed by atoms with Crippen LogP contribution in [0.4, 0.5) is 5.69 Å². The highest BCUT2D eigenvalue weighted by Crippen LogP contribution is 2.14. The van der Waals surface area contributed by atoms with Gasteiger partial charge in [0.15, 0.2) is 0 Å². The smallest absolute Gasteiger partial charge is 0.115 e. The average molecular weight is 236 g/mol. The minimum atomic E-state index is 0.909. The topological polar surface area (TPSA) is 53.6 Å². The molecule has 1 heterocycles. The zero-order valence-electron chi connectivity index (χ0n) is 9.36. The average Bonchev–Trinajstić information content (AvgIpc) is 2.76. The van der Waals surface area contributed by atoms with Gasteiger partial charge < -0.3 is 5.32 Å². The Morgan fingerprint density at radius 3 is 3.06 bits per heavy atom. The van der Waals surface area contributed by atoms with Gasteiger partial charge in [-0.1, -0.05) is 6.92 Å². The second-order valence-corrected chi connectivity index (χ2v) is 4.90. The van der Waals surface area contributed by atoms with Crippen LogP contribution in [-0.4, -0.2) is 33.5 Å². The van der Waals surface area contributed by atoms with Gasteiger partial charge in [0.25, 0.3) is 0 Å². The molecule has 0 atom stereocenters. The van der Waals surface area contributed by atoms with Crippen molar-refractivity contribution in [1.29, 1.82) is 0 Å². The molecule has 2 aromatic rings. The third-order valence-electron chi connectivity index (χ3n) is 2.32. The lowest BCUT2D eigenvalue weighted by molar-refractivity contribution is 0.959. The van der Waals surface area contributed by atoms with Gasteiger partial charge in [0.2, 0.25) is 0 Å². The minimum Gasteiger partial charge on any atom is -0.385 e. The van der Waals surface area contributed by atoms with E-state index in [1.54, 1.807) is 0 Å². The molecule has 16 heavy (non-hydrogen) atoms. The fraction of sp³-hybridized carbons (Fsp3) is 0.455. The Labute approximate surface area is 99.2 Å². The lowest BCUT2D eigenvalue weighted by atomic mass is 10.2. The van der Waals surface area contributed by atoms with E-state index in [9.17, 15) is 0 Å². The summed E-state index contributed by atoms with van der Waals surface area (Å²) in [5.74, 6) is 2.42. The molecule has 2 rings (SSSR count). The highest BCUT2D eigenvalue weighted by molar-refractivity contribution is 7.99. The van der Waals surface area contributed by atoms with Gasteiger partial charge in [-0.2, -0.15) is 27.2 Å². The number of benzene rings is 1. The van der Waals surface area contributed by atoms with Crippen molar-refractivity contribution < 1.29 is 0 Å². The van der Waals surface area contributed by atoms with Crippen LogP contribution < -0.4 is 5.32 Å². The van der Waals surface area contributed by atoms with Crippen LogP contribution in [0, 0.1) is 0 Å². The van der Waals surface area contributed by atoms with Crippen LogP contribution in [0.1, 0.15) is 13.3 Å². The van der Waals surface area contributed by atoms with E-state index in [1.807, 2.05) is 30.0 Å². The number of anilines is 1. The van der Waals surface area contributed by atoms with E-state index in [0.717, 1.165) is 23.3 Å². The molecule has 0 saturated carbocycles. The van der Waals surface area contributed by atoms with Crippen molar-refractivity contribution in [2.75, 3.05) is 23.4 Å². The molecule has 5 heteroatoms. The molecule has 0 bridgehead atoms. The van der Waals surface area contributed by atoms with Gasteiger partial charge in [-0.3, -0.25) is 0 Å². The van der Waals surface area contributed by atoms with Crippen LogP contribution in [0.2, 0.25) is 0 Å². The number of aromatic amines is 1. The van der Waals surface area contributed by atoms with E-state index in [0.29, 0.717) is 0 Å². The fourth-order valence-corrected chi connectivity index (χ4v) is 2.14. The Morgan fingerprint density at radius 2 is 2.19 bits per heavy atom. The molecular weight excluding hydrogens is 220 g/mol. The number of fused-ring (bicyclic) bond motifs is 1. The van der Waals surface area contributed by atoms with Crippen LogP contribution in [0.15, 0.2) is 18.2 Å². The fourth-order valence-electron chi connectivity index (χ4n) is 1.50. The summed E-state index contributed by atoms with van der Waals surface area (Å²) >= 11 is 1.98. The lowest BCUT2D eigenvalue weighted by Crippen LogP contribution is -2.02. The highest BCUT2D eigenvalue weighted by atomic mass is 32.2. The van der Waals surface area contributed by atoms with Crippen LogP contribution in [0.5, 0.6) is 0 Å². The summed E-state index contributed by atoms with van der Waals surface area (Å²) in [5.41, 5.74) is 2.93. The molecule has 1 aromatic carbocycles. The summed E-state index contributed by atoms with van der Waals surface area (Å²) < 4.78 is 0. The number of thioether (sulfide) groups is 1. The van der Waals surface area contributed by atoms with Crippen molar-refractivity contribution >= 4 is 28.5 Å². The van der Waals surface area contributed by atoms with Crippen molar-refractivity contribution in [2.24, 2.45) is 0 Å². The molecule has 0 aliphatic heterocycles. The molecule has 0 amide bonds. The van der Waals surface area contributed by atoms with E-state index in [1.165, 1.54) is 17.9 Å². The normalized spacial score (nSPS) is 10.8. The number of hydrogen-bond donors (Lipinski definition) is 2. The molecule has 86 valence electrons. The molecule has 0 saturated heterocycles. The quantitative estimate of drug-likeness (QED) is 0.757. The van der Waals surface area contributed by atoms with Gasteiger partial charge in [-0.15, -0.1) is 0 Å². The summed E-state index contributed by atoms with van der Waals surface area (Å²) in [6.45, 7) is 3.20. The Balaban J connectivity index is 1.84. The van der Waals surface area contributed by atoms with Crippen molar-refractivity contribution in [3.63, 3.8) is 0 Å². The maximum absolute atomic E-state index is 4.06. The predicted molar refractivity (Wildman–Crippen MR) is 70.0 cm³/mol. The first-order valence-electron chi connectivity index (χ1n) is 5.52. The standard InChI is InChI=1S/C11H16N4S/c1-2-16-7-3-6-12-9-4-5-10-11(8-9)14-15-13-10/h4-5,8,12H,2-3,6-7H2,1H3,(H,13,14,15). The molecular formula is C11H16N4S. The predicted octanol–water partition coefficient (Wildman–Crippen LogP) is 2.51. The molecule has 0 radical (unpaired) electrons. The molecule has 0 unspecified atom stereocenters. The molecule has 0 spiro atoms. The minimum absolute atomic E-state index is 0.909. The summed E-state index contributed by atoms with van der Waals surface area (Å²) in [6, 6.07) is 6.03. The van der Waals surface area contributed by atoms with E-state index in [-0.39, 0.29) is 0 Å². The summed E-state index contributed by atoms with van der Waals surface area (Å²) in [5, 5.41) is 14.1. The highest BCUT2D eigenvalue weighted by Gasteiger charge is 1.98. The molecule has 0 fully saturated rings. The molecule has 0 aliphatic carbocycles. The number of rotatable bonds is 6. The van der Waals surface area contributed by atoms with Crippen LogP contribution in [0.25, 0.3) is 11.0 Å². The van der Waals surface area contributed by atoms with E-state index in [4.69, 9.17) is 0 Å². The maximum atomic E-state index is 4.06. The van der Waals surface area contributed by atoms with Gasteiger partial charge in [0.05, 0.1) is 0 Å². The number of hydrogen-bond acceptors (Lipinski definition) is 4. The van der Waals surface area contributed by atoms with Crippen molar-refractivity contribution in [2.45, 2.75) is 13.3 Å². The number of nitrogens with one attached hydrogen (secondary N) is 2. The Kier molecular flexibility index (Phi) is 4.04. The first-order chi connectivity index (χ1) is 7.90. The third kappa shape index (κ3) is 2.88. The monoisotopic (exact) mass is 236 g/mol. The Bertz CT molecular complexity index is 440. The lowest BCUT2D eigenvalue weighted by Gasteiger charge is -2.05. The van der Waals surface area contributed by atoms with Gasteiger partial charge in [0.1, 0.15) is 11.0 Å². The SMILES string of the molecule is CCSCCCNc1ccc2n[nH]nc2c1. The van der Waals surface area contributed by atoms with E-state index < -0.39 is 0 Å². The largest absolute Gasteiger partial charge is 0.385 e. The van der Waals surface area contributed by atoms with Gasteiger partial charge in [-0.05, 0) is 36.1 Å². The third-order valence-corrected chi connectivity index (χ3v) is 3.30. The zero-order valence-corrected chi connectivity index (χ0v) is 10.2. The van der Waals surface area contributed by atoms with E-state index in [2.05, 4.69) is 27.7 Å². The van der Waals surface area contributed by atoms with E-state index >= 15 is 0 Å². The second kappa shape index (κ2) is 5.75.